The first-order chi connectivity index (χ1) is 13.3. The molecule has 146 valence electrons. The highest BCUT2D eigenvalue weighted by Gasteiger charge is 2.38. The van der Waals surface area contributed by atoms with E-state index in [1.165, 1.54) is 11.0 Å². The van der Waals surface area contributed by atoms with E-state index in [2.05, 4.69) is 5.32 Å². The van der Waals surface area contributed by atoms with Crippen LogP contribution in [-0.4, -0.2) is 45.9 Å². The fraction of sp³-hybridized carbons (Fsp3) is 0.300. The molecule has 2 aromatic carbocycles. The molecule has 1 unspecified atom stereocenters. The first-order valence-corrected chi connectivity index (χ1v) is 8.92. The molecule has 0 aliphatic carbocycles. The molecule has 1 heterocycles. The maximum Gasteiger partial charge on any atom is 0.310 e. The molecular formula is C20H21N3O5. The number of carboxylic acids is 1. The van der Waals surface area contributed by atoms with Gasteiger partial charge in [0.05, 0.1) is 10.8 Å². The summed E-state index contributed by atoms with van der Waals surface area (Å²) in [5, 5.41) is 23.3. The fourth-order valence-electron chi connectivity index (χ4n) is 3.14. The van der Waals surface area contributed by atoms with E-state index in [1.54, 1.807) is 18.2 Å². The zero-order valence-corrected chi connectivity index (χ0v) is 15.4. The van der Waals surface area contributed by atoms with Gasteiger partial charge < -0.3 is 15.3 Å². The smallest absolute Gasteiger partial charge is 0.310 e. The second-order valence-corrected chi connectivity index (χ2v) is 6.94. The number of hydrogen-bond donors (Lipinski definition) is 2. The number of hydrogen-bond acceptors (Lipinski definition) is 5. The van der Waals surface area contributed by atoms with Crippen LogP contribution in [0, 0.1) is 23.0 Å². The SMILES string of the molecule is Cc1ccc(CC(Nc2ccccc2[N+](=O)[O-])C(=O)N2CC(C(=O)O)C2)cc1. The summed E-state index contributed by atoms with van der Waals surface area (Å²) in [6.45, 7) is 2.26. The number of benzene rings is 2. The lowest BCUT2D eigenvalue weighted by Gasteiger charge is -2.39. The Bertz CT molecular complexity index is 891. The number of para-hydroxylation sites is 2. The molecule has 0 radical (unpaired) electrons. The third-order valence-corrected chi connectivity index (χ3v) is 4.83. The number of nitrogens with zero attached hydrogens (tertiary/aromatic N) is 2. The van der Waals surface area contributed by atoms with Crippen molar-refractivity contribution < 1.29 is 19.6 Å². The van der Waals surface area contributed by atoms with E-state index in [0.29, 0.717) is 6.42 Å². The van der Waals surface area contributed by atoms with Crippen LogP contribution in [-0.2, 0) is 16.0 Å². The van der Waals surface area contributed by atoms with Crippen molar-refractivity contribution in [1.29, 1.82) is 0 Å². The van der Waals surface area contributed by atoms with Gasteiger partial charge in [0.25, 0.3) is 5.69 Å². The Morgan fingerprint density at radius 1 is 1.21 bits per heavy atom. The van der Waals surface area contributed by atoms with Crippen LogP contribution in [0.5, 0.6) is 0 Å². The van der Waals surface area contributed by atoms with Crippen molar-refractivity contribution in [2.24, 2.45) is 5.92 Å². The van der Waals surface area contributed by atoms with Crippen molar-refractivity contribution in [3.05, 3.63) is 69.8 Å². The Hall–Kier alpha value is -3.42. The molecule has 2 N–H and O–H groups in total. The minimum absolute atomic E-state index is 0.115. The number of aryl methyl sites for hydroxylation is 1. The van der Waals surface area contributed by atoms with Gasteiger partial charge in [-0.25, -0.2) is 0 Å². The van der Waals surface area contributed by atoms with Crippen molar-refractivity contribution in [2.45, 2.75) is 19.4 Å². The summed E-state index contributed by atoms with van der Waals surface area (Å²) in [4.78, 5) is 36.2. The van der Waals surface area contributed by atoms with Gasteiger partial charge in [0.1, 0.15) is 11.7 Å². The number of nitro groups is 1. The predicted molar refractivity (Wildman–Crippen MR) is 103 cm³/mol. The van der Waals surface area contributed by atoms with Gasteiger partial charge in [0.2, 0.25) is 5.91 Å². The van der Waals surface area contributed by atoms with E-state index in [9.17, 15) is 19.7 Å². The highest BCUT2D eigenvalue weighted by molar-refractivity contribution is 5.88. The molecule has 0 saturated carbocycles. The van der Waals surface area contributed by atoms with E-state index in [-0.39, 0.29) is 30.4 Å². The number of anilines is 1. The average molecular weight is 383 g/mol. The van der Waals surface area contributed by atoms with E-state index in [1.807, 2.05) is 31.2 Å². The third-order valence-electron chi connectivity index (χ3n) is 4.83. The van der Waals surface area contributed by atoms with Crippen molar-refractivity contribution in [1.82, 2.24) is 4.90 Å². The molecule has 1 atom stereocenters. The number of nitrogens with one attached hydrogen (secondary N) is 1. The van der Waals surface area contributed by atoms with Crippen LogP contribution < -0.4 is 5.32 Å². The number of amides is 1. The number of carbonyl (C=O) groups excluding carboxylic acids is 1. The molecule has 8 heteroatoms. The van der Waals surface area contributed by atoms with Gasteiger partial charge in [-0.05, 0) is 18.6 Å². The van der Waals surface area contributed by atoms with Gasteiger partial charge in [0.15, 0.2) is 0 Å². The fourth-order valence-corrected chi connectivity index (χ4v) is 3.14. The first kappa shape index (κ1) is 19.3. The number of carboxylic acid groups (broad SMARTS) is 1. The molecule has 1 aliphatic heterocycles. The Morgan fingerprint density at radius 3 is 2.46 bits per heavy atom. The number of likely N-dealkylation sites (tertiary alicyclic amines) is 1. The van der Waals surface area contributed by atoms with Crippen LogP contribution in [0.3, 0.4) is 0 Å². The molecule has 1 aliphatic rings. The zero-order chi connectivity index (χ0) is 20.3. The highest BCUT2D eigenvalue weighted by Crippen LogP contribution is 2.26. The summed E-state index contributed by atoms with van der Waals surface area (Å²) in [5.74, 6) is -1.75. The normalized spacial score (nSPS) is 14.8. The maximum atomic E-state index is 13.0. The largest absolute Gasteiger partial charge is 0.481 e. The lowest BCUT2D eigenvalue weighted by molar-refractivity contribution is -0.384. The van der Waals surface area contributed by atoms with Crippen LogP contribution in [0.2, 0.25) is 0 Å². The molecule has 8 nitrogen and oxygen atoms in total. The van der Waals surface area contributed by atoms with Gasteiger partial charge in [-0.2, -0.15) is 0 Å². The van der Waals surface area contributed by atoms with Gasteiger partial charge >= 0.3 is 5.97 Å². The molecule has 1 amide bonds. The Balaban J connectivity index is 1.82. The molecule has 1 saturated heterocycles. The maximum absolute atomic E-state index is 13.0. The van der Waals surface area contributed by atoms with Crippen LogP contribution in [0.4, 0.5) is 11.4 Å². The molecule has 0 aromatic heterocycles. The molecule has 0 spiro atoms. The van der Waals surface area contributed by atoms with E-state index in [0.717, 1.165) is 11.1 Å². The van der Waals surface area contributed by atoms with Gasteiger partial charge in [-0.15, -0.1) is 0 Å². The van der Waals surface area contributed by atoms with E-state index < -0.39 is 22.9 Å². The minimum atomic E-state index is -0.925. The topological polar surface area (TPSA) is 113 Å². The second-order valence-electron chi connectivity index (χ2n) is 6.94. The molecule has 0 bridgehead atoms. The van der Waals surface area contributed by atoms with Crippen molar-refractivity contribution >= 4 is 23.3 Å². The number of nitro benzene ring substituents is 1. The Kier molecular flexibility index (Phi) is 5.58. The highest BCUT2D eigenvalue weighted by atomic mass is 16.6. The van der Waals surface area contributed by atoms with Crippen LogP contribution in [0.1, 0.15) is 11.1 Å². The predicted octanol–water partition coefficient (Wildman–Crippen LogP) is 2.47. The summed E-state index contributed by atoms with van der Waals surface area (Å²) in [6, 6.07) is 13.1. The summed E-state index contributed by atoms with van der Waals surface area (Å²) in [5.41, 5.74) is 2.14. The molecule has 28 heavy (non-hydrogen) atoms. The lowest BCUT2D eigenvalue weighted by atomic mass is 9.97. The summed E-state index contributed by atoms with van der Waals surface area (Å²) in [6.07, 6.45) is 0.333. The standard InChI is InChI=1S/C20H21N3O5/c1-13-6-8-14(9-7-13)10-17(19(24)22-11-15(12-22)20(25)26)21-16-4-2-3-5-18(16)23(27)28/h2-9,15,17,21H,10-12H2,1H3,(H,25,26). The van der Waals surface area contributed by atoms with Gasteiger partial charge in [0, 0.05) is 25.6 Å². The van der Waals surface area contributed by atoms with Crippen molar-refractivity contribution in [3.63, 3.8) is 0 Å². The monoisotopic (exact) mass is 383 g/mol. The molecule has 3 rings (SSSR count). The third kappa shape index (κ3) is 4.28. The lowest BCUT2D eigenvalue weighted by Crippen LogP contribution is -2.57. The first-order valence-electron chi connectivity index (χ1n) is 8.92. The summed E-state index contributed by atoms with van der Waals surface area (Å²) in [7, 11) is 0. The molecular weight excluding hydrogens is 362 g/mol. The quantitative estimate of drug-likeness (QED) is 0.561. The van der Waals surface area contributed by atoms with E-state index in [4.69, 9.17) is 5.11 Å². The molecule has 2 aromatic rings. The Labute approximate surface area is 161 Å². The van der Waals surface area contributed by atoms with Crippen LogP contribution in [0.15, 0.2) is 48.5 Å². The number of rotatable bonds is 7. The van der Waals surface area contributed by atoms with Crippen molar-refractivity contribution in [2.75, 3.05) is 18.4 Å². The zero-order valence-electron chi connectivity index (χ0n) is 15.4. The summed E-state index contributed by atoms with van der Waals surface area (Å²) < 4.78 is 0. The van der Waals surface area contributed by atoms with Crippen LogP contribution >= 0.6 is 0 Å². The van der Waals surface area contributed by atoms with Gasteiger partial charge in [-0.3, -0.25) is 19.7 Å². The molecule has 1 fully saturated rings. The summed E-state index contributed by atoms with van der Waals surface area (Å²) >= 11 is 0. The Morgan fingerprint density at radius 2 is 1.86 bits per heavy atom. The minimum Gasteiger partial charge on any atom is -0.481 e. The van der Waals surface area contributed by atoms with Crippen molar-refractivity contribution in [3.8, 4) is 0 Å². The van der Waals surface area contributed by atoms with E-state index >= 15 is 0 Å². The van der Waals surface area contributed by atoms with Gasteiger partial charge in [-0.1, -0.05) is 42.0 Å². The average Bonchev–Trinajstić information content (AvgIpc) is 2.61. The number of aliphatic carboxylic acids is 1. The van der Waals surface area contributed by atoms with Crippen LogP contribution in [0.25, 0.3) is 0 Å². The number of carbonyl (C=O) groups is 2. The second kappa shape index (κ2) is 8.08.